The van der Waals surface area contributed by atoms with E-state index < -0.39 is 0 Å². The average Bonchev–Trinajstić information content (AvgIpc) is 3.41. The highest BCUT2D eigenvalue weighted by Crippen LogP contribution is 2.42. The molecule has 0 radical (unpaired) electrons. The number of aromatic nitrogens is 4. The molecule has 3 aromatic heterocycles. The number of anilines is 2. The number of nitrogens with one attached hydrogen (secondary N) is 2. The fourth-order valence-electron chi connectivity index (χ4n) is 4.49. The largest absolute Gasteiger partial charge is 0.492 e. The molecular weight excluding hydrogens is 448 g/mol. The third kappa shape index (κ3) is 3.98. The maximum atomic E-state index is 13.1. The van der Waals surface area contributed by atoms with Gasteiger partial charge in [0.25, 0.3) is 0 Å². The summed E-state index contributed by atoms with van der Waals surface area (Å²) in [5, 5.41) is 12.7. The number of hydrogen-bond donors (Lipinski definition) is 2. The lowest BCUT2D eigenvalue weighted by Crippen LogP contribution is -2.46. The molecule has 1 amide bonds. The second kappa shape index (κ2) is 8.54. The summed E-state index contributed by atoms with van der Waals surface area (Å²) in [4.78, 5) is 26.3. The quantitative estimate of drug-likeness (QED) is 0.416. The highest BCUT2D eigenvalue weighted by molar-refractivity contribution is 7.19. The molecule has 1 aliphatic rings. The van der Waals surface area contributed by atoms with E-state index in [1.54, 1.807) is 23.9 Å². The Labute approximate surface area is 202 Å². The maximum absolute atomic E-state index is 13.1. The minimum Gasteiger partial charge on any atom is -0.492 e. The van der Waals surface area contributed by atoms with Crippen LogP contribution in [0.1, 0.15) is 44.6 Å². The zero-order chi connectivity index (χ0) is 24.0. The van der Waals surface area contributed by atoms with Crippen LogP contribution in [0.3, 0.4) is 0 Å². The van der Waals surface area contributed by atoms with Gasteiger partial charge < -0.3 is 15.0 Å². The monoisotopic (exact) mass is 478 g/mol. The van der Waals surface area contributed by atoms with Crippen molar-refractivity contribution in [3.63, 3.8) is 0 Å². The molecule has 178 valence electrons. The number of ether oxygens (including phenoxy) is 1. The van der Waals surface area contributed by atoms with Crippen LogP contribution >= 0.6 is 11.3 Å². The Kier molecular flexibility index (Phi) is 5.67. The number of thiophene rings is 1. The molecule has 0 saturated carbocycles. The number of hydrogen-bond acceptors (Lipinski definition) is 7. The molecule has 0 unspecified atom stereocenters. The first-order chi connectivity index (χ1) is 16.3. The van der Waals surface area contributed by atoms with Crippen LogP contribution in [0.4, 0.5) is 11.5 Å². The van der Waals surface area contributed by atoms with E-state index in [9.17, 15) is 4.79 Å². The molecule has 0 aliphatic heterocycles. The highest BCUT2D eigenvalue weighted by atomic mass is 32.1. The number of fused-ring (bicyclic) bond motifs is 4. The van der Waals surface area contributed by atoms with Gasteiger partial charge >= 0.3 is 0 Å². The molecule has 9 heteroatoms. The molecular formula is C25H30N6O2S. The fraction of sp³-hybridized carbons (Fsp3) is 0.440. The van der Waals surface area contributed by atoms with E-state index in [-0.39, 0.29) is 17.4 Å². The summed E-state index contributed by atoms with van der Waals surface area (Å²) in [5.41, 5.74) is 2.83. The number of amides is 1. The molecule has 5 rings (SSSR count). The first-order valence-corrected chi connectivity index (χ1v) is 12.5. The molecule has 0 fully saturated rings. The van der Waals surface area contributed by atoms with Gasteiger partial charge in [-0.15, -0.1) is 11.3 Å². The molecule has 1 aliphatic carbocycles. The number of aryl methyl sites for hydroxylation is 1. The predicted molar refractivity (Wildman–Crippen MR) is 136 cm³/mol. The summed E-state index contributed by atoms with van der Waals surface area (Å²) < 4.78 is 5.89. The van der Waals surface area contributed by atoms with E-state index >= 15 is 0 Å². The van der Waals surface area contributed by atoms with Crippen LogP contribution in [-0.2, 0) is 17.6 Å². The number of aromatic amines is 1. The molecule has 1 aromatic carbocycles. The standard InChI is InChI=1S/C25H30N6O2S/c1-6-33-19-11-17-15(12-28-30-17)9-18(19)29-22-21-16-8-7-14(24(32)31(5)25(2,3)4)10-20(16)34-23(21)27-13-26-22/h9,11-14H,6-8,10H2,1-5H3,(H,28,30)(H,26,27,29)/t14-/m0/s1. The Morgan fingerprint density at radius 3 is 2.91 bits per heavy atom. The van der Waals surface area contributed by atoms with Crippen LogP contribution in [0.25, 0.3) is 21.1 Å². The van der Waals surface area contributed by atoms with Gasteiger partial charge in [-0.1, -0.05) is 0 Å². The minimum atomic E-state index is -0.186. The van der Waals surface area contributed by atoms with Gasteiger partial charge in [0.05, 0.1) is 29.4 Å². The van der Waals surface area contributed by atoms with Crippen LogP contribution < -0.4 is 10.1 Å². The van der Waals surface area contributed by atoms with Gasteiger partial charge in [-0.3, -0.25) is 9.89 Å². The lowest BCUT2D eigenvalue weighted by molar-refractivity contribution is -0.138. The lowest BCUT2D eigenvalue weighted by atomic mass is 9.86. The number of rotatable bonds is 5. The molecule has 3 heterocycles. The van der Waals surface area contributed by atoms with Crippen molar-refractivity contribution in [1.82, 2.24) is 25.1 Å². The van der Waals surface area contributed by atoms with Gasteiger partial charge in [0.15, 0.2) is 0 Å². The van der Waals surface area contributed by atoms with Crippen molar-refractivity contribution in [3.8, 4) is 5.75 Å². The Morgan fingerprint density at radius 2 is 2.15 bits per heavy atom. The molecule has 0 saturated heterocycles. The van der Waals surface area contributed by atoms with Crippen molar-refractivity contribution in [2.75, 3.05) is 19.0 Å². The van der Waals surface area contributed by atoms with E-state index in [2.05, 4.69) is 46.3 Å². The molecule has 2 N–H and O–H groups in total. The van der Waals surface area contributed by atoms with Crippen LogP contribution in [0, 0.1) is 5.92 Å². The minimum absolute atomic E-state index is 0.00205. The zero-order valence-electron chi connectivity index (χ0n) is 20.2. The summed E-state index contributed by atoms with van der Waals surface area (Å²) in [6, 6.07) is 3.98. The van der Waals surface area contributed by atoms with E-state index in [0.29, 0.717) is 6.61 Å². The maximum Gasteiger partial charge on any atom is 0.226 e. The van der Waals surface area contributed by atoms with Crippen LogP contribution in [0.2, 0.25) is 0 Å². The van der Waals surface area contributed by atoms with Crippen LogP contribution in [0.5, 0.6) is 5.75 Å². The van der Waals surface area contributed by atoms with Gasteiger partial charge in [-0.05, 0) is 58.6 Å². The first-order valence-electron chi connectivity index (χ1n) is 11.7. The summed E-state index contributed by atoms with van der Waals surface area (Å²) in [6.45, 7) is 8.74. The number of nitrogens with zero attached hydrogens (tertiary/aromatic N) is 4. The number of benzene rings is 1. The Morgan fingerprint density at radius 1 is 1.32 bits per heavy atom. The highest BCUT2D eigenvalue weighted by Gasteiger charge is 2.33. The normalized spacial score (nSPS) is 16.0. The van der Waals surface area contributed by atoms with Crippen LogP contribution in [0.15, 0.2) is 24.7 Å². The Bertz CT molecular complexity index is 1370. The molecule has 0 spiro atoms. The third-order valence-electron chi connectivity index (χ3n) is 6.62. The molecule has 8 nitrogen and oxygen atoms in total. The second-order valence-corrected chi connectivity index (χ2v) is 10.9. The van der Waals surface area contributed by atoms with Crippen molar-refractivity contribution in [2.24, 2.45) is 5.92 Å². The Balaban J connectivity index is 1.49. The van der Waals surface area contributed by atoms with Gasteiger partial charge in [0.1, 0.15) is 22.7 Å². The van der Waals surface area contributed by atoms with Gasteiger partial charge in [0.2, 0.25) is 5.91 Å². The van der Waals surface area contributed by atoms with Crippen molar-refractivity contribution in [1.29, 1.82) is 0 Å². The smallest absolute Gasteiger partial charge is 0.226 e. The van der Waals surface area contributed by atoms with Crippen LogP contribution in [-0.4, -0.2) is 50.2 Å². The molecule has 4 aromatic rings. The van der Waals surface area contributed by atoms with Crippen molar-refractivity contribution >= 4 is 49.9 Å². The number of H-pyrrole nitrogens is 1. The van der Waals surface area contributed by atoms with Crippen molar-refractivity contribution < 1.29 is 9.53 Å². The van der Waals surface area contributed by atoms with E-state index in [1.165, 1.54) is 10.4 Å². The predicted octanol–water partition coefficient (Wildman–Crippen LogP) is 5.07. The van der Waals surface area contributed by atoms with Gasteiger partial charge in [-0.2, -0.15) is 5.10 Å². The number of carbonyl (C=O) groups is 1. The molecule has 1 atom stereocenters. The van der Waals surface area contributed by atoms with Gasteiger partial charge in [-0.25, -0.2) is 9.97 Å². The summed E-state index contributed by atoms with van der Waals surface area (Å²) in [6.07, 6.45) is 5.81. The Hall–Kier alpha value is -3.20. The third-order valence-corrected chi connectivity index (χ3v) is 7.79. The fourth-order valence-corrected chi connectivity index (χ4v) is 5.76. The second-order valence-electron chi connectivity index (χ2n) is 9.78. The lowest BCUT2D eigenvalue weighted by Gasteiger charge is -2.35. The average molecular weight is 479 g/mol. The molecule has 34 heavy (non-hydrogen) atoms. The zero-order valence-corrected chi connectivity index (χ0v) is 21.0. The van der Waals surface area contributed by atoms with Crippen molar-refractivity contribution in [3.05, 3.63) is 35.1 Å². The SMILES string of the molecule is CCOc1cc2[nH]ncc2cc1Nc1ncnc2sc3c(c12)CC[C@H](C(=O)N(C)C(C)(C)C)C3. The van der Waals surface area contributed by atoms with E-state index in [4.69, 9.17) is 4.74 Å². The summed E-state index contributed by atoms with van der Waals surface area (Å²) in [5.74, 6) is 1.73. The number of carbonyl (C=O) groups excluding carboxylic acids is 1. The molecule has 0 bridgehead atoms. The summed E-state index contributed by atoms with van der Waals surface area (Å²) in [7, 11) is 1.91. The van der Waals surface area contributed by atoms with E-state index in [0.717, 1.165) is 57.6 Å². The van der Waals surface area contributed by atoms with Gasteiger partial charge in [0, 0.05) is 34.8 Å². The summed E-state index contributed by atoms with van der Waals surface area (Å²) >= 11 is 1.68. The first kappa shape index (κ1) is 22.6. The topological polar surface area (TPSA) is 96.0 Å². The van der Waals surface area contributed by atoms with E-state index in [1.807, 2.05) is 31.0 Å². The van der Waals surface area contributed by atoms with Crippen molar-refractivity contribution in [2.45, 2.75) is 52.5 Å².